The molecule has 31 heavy (non-hydrogen) atoms. The van der Waals surface area contributed by atoms with E-state index < -0.39 is 32.0 Å². The van der Waals surface area contributed by atoms with Gasteiger partial charge in [0.2, 0.25) is 26.0 Å². The van der Waals surface area contributed by atoms with Crippen LogP contribution in [0, 0.1) is 13.8 Å². The van der Waals surface area contributed by atoms with Crippen molar-refractivity contribution in [3.8, 4) is 0 Å². The molecule has 1 aromatic carbocycles. The third kappa shape index (κ3) is 5.32. The van der Waals surface area contributed by atoms with Gasteiger partial charge in [0.25, 0.3) is 0 Å². The van der Waals surface area contributed by atoms with E-state index in [1.54, 1.807) is 24.3 Å². The van der Waals surface area contributed by atoms with Crippen molar-refractivity contribution in [1.29, 1.82) is 0 Å². The molecular weight excluding hydrogens is 444 g/mol. The first-order chi connectivity index (χ1) is 14.5. The molecule has 1 saturated heterocycles. The molecule has 10 nitrogen and oxygen atoms in total. The maximum absolute atomic E-state index is 12.8. The van der Waals surface area contributed by atoms with Gasteiger partial charge >= 0.3 is 0 Å². The highest BCUT2D eigenvalue weighted by Crippen LogP contribution is 2.19. The van der Waals surface area contributed by atoms with Crippen LogP contribution >= 0.6 is 0 Å². The summed E-state index contributed by atoms with van der Waals surface area (Å²) in [7, 11) is -7.50. The van der Waals surface area contributed by atoms with Crippen LogP contribution in [0.4, 0.5) is 0 Å². The topological polar surface area (TPSA) is 130 Å². The molecule has 0 bridgehead atoms. The molecule has 0 spiro atoms. The Labute approximate surface area is 182 Å². The highest BCUT2D eigenvalue weighted by Gasteiger charge is 2.33. The summed E-state index contributed by atoms with van der Waals surface area (Å²) in [6, 6.07) is 7.88. The summed E-state index contributed by atoms with van der Waals surface area (Å²) in [6.07, 6.45) is 0. The molecule has 12 heteroatoms. The standard InChI is InChI=1S/C19H26N4O6S2/c1-14-18(16(3)29-20-14)31(27,28)21-15(2)19(24)22-9-11-23(12-10-22)30(25,26)13-17-7-5-4-6-8-17/h4-8,15,21H,9-13H2,1-3H3/t15-/m0/s1. The fourth-order valence-corrected chi connectivity index (χ4v) is 6.58. The highest BCUT2D eigenvalue weighted by atomic mass is 32.2. The van der Waals surface area contributed by atoms with Crippen molar-refractivity contribution in [3.05, 3.63) is 47.3 Å². The number of carbonyl (C=O) groups is 1. The SMILES string of the molecule is Cc1noc(C)c1S(=O)(=O)N[C@@H](C)C(=O)N1CCN(S(=O)(=O)Cc2ccccc2)CC1. The van der Waals surface area contributed by atoms with Gasteiger partial charge in [-0.05, 0) is 26.3 Å². The van der Waals surface area contributed by atoms with Crippen molar-refractivity contribution >= 4 is 26.0 Å². The molecule has 3 rings (SSSR count). The number of benzene rings is 1. The van der Waals surface area contributed by atoms with Gasteiger partial charge in [-0.15, -0.1) is 0 Å². The Morgan fingerprint density at radius 1 is 1.10 bits per heavy atom. The maximum Gasteiger partial charge on any atom is 0.246 e. The first-order valence-electron chi connectivity index (χ1n) is 9.77. The number of sulfonamides is 2. The molecule has 1 N–H and O–H groups in total. The normalized spacial score (nSPS) is 16.9. The summed E-state index contributed by atoms with van der Waals surface area (Å²) in [4.78, 5) is 14.1. The Bertz CT molecular complexity index is 1120. The molecule has 2 aromatic rings. The van der Waals surface area contributed by atoms with Gasteiger partial charge in [0.05, 0.1) is 11.8 Å². The van der Waals surface area contributed by atoms with Crippen molar-refractivity contribution in [2.45, 2.75) is 37.5 Å². The monoisotopic (exact) mass is 470 g/mol. The second-order valence-corrected chi connectivity index (χ2v) is 11.1. The third-order valence-corrected chi connectivity index (χ3v) is 8.71. The van der Waals surface area contributed by atoms with E-state index in [0.29, 0.717) is 5.56 Å². The highest BCUT2D eigenvalue weighted by molar-refractivity contribution is 7.89. The number of carbonyl (C=O) groups excluding carboxylic acids is 1. The van der Waals surface area contributed by atoms with Crippen LogP contribution in [0.5, 0.6) is 0 Å². The summed E-state index contributed by atoms with van der Waals surface area (Å²) >= 11 is 0. The van der Waals surface area contributed by atoms with Crippen LogP contribution in [0.3, 0.4) is 0 Å². The van der Waals surface area contributed by atoms with Gasteiger partial charge in [0, 0.05) is 26.2 Å². The first-order valence-corrected chi connectivity index (χ1v) is 12.9. The molecule has 1 atom stereocenters. The zero-order chi connectivity index (χ0) is 22.8. The molecule has 0 saturated carbocycles. The lowest BCUT2D eigenvalue weighted by Crippen LogP contribution is -2.55. The first kappa shape index (κ1) is 23.4. The average Bonchev–Trinajstić information content (AvgIpc) is 3.06. The largest absolute Gasteiger partial charge is 0.360 e. The number of hydrogen-bond acceptors (Lipinski definition) is 7. The molecule has 2 heterocycles. The van der Waals surface area contributed by atoms with Crippen LogP contribution in [0.15, 0.2) is 39.8 Å². The van der Waals surface area contributed by atoms with Crippen LogP contribution in [-0.4, -0.2) is 69.3 Å². The van der Waals surface area contributed by atoms with E-state index in [4.69, 9.17) is 4.52 Å². The number of rotatable bonds is 7. The summed E-state index contributed by atoms with van der Waals surface area (Å²) in [6.45, 7) is 5.13. The van der Waals surface area contributed by atoms with Crippen LogP contribution in [0.25, 0.3) is 0 Å². The molecule has 1 aliphatic rings. The van der Waals surface area contributed by atoms with Gasteiger partial charge in [0.1, 0.15) is 10.6 Å². The summed E-state index contributed by atoms with van der Waals surface area (Å²) in [5.74, 6) is -0.382. The lowest BCUT2D eigenvalue weighted by Gasteiger charge is -2.35. The quantitative estimate of drug-likeness (QED) is 0.628. The second-order valence-electron chi connectivity index (χ2n) is 7.46. The number of amides is 1. The molecule has 1 aliphatic heterocycles. The number of piperazine rings is 1. The Balaban J connectivity index is 1.59. The van der Waals surface area contributed by atoms with Gasteiger partial charge < -0.3 is 9.42 Å². The van der Waals surface area contributed by atoms with Gasteiger partial charge in [-0.25, -0.2) is 16.8 Å². The lowest BCUT2D eigenvalue weighted by atomic mass is 10.2. The third-order valence-electron chi connectivity index (χ3n) is 5.07. The molecular formula is C19H26N4O6S2. The summed E-state index contributed by atoms with van der Waals surface area (Å²) in [5.41, 5.74) is 0.908. The number of aromatic nitrogens is 1. The van der Waals surface area contributed by atoms with E-state index in [9.17, 15) is 21.6 Å². The minimum Gasteiger partial charge on any atom is -0.360 e. The Morgan fingerprint density at radius 3 is 2.26 bits per heavy atom. The van der Waals surface area contributed by atoms with Gasteiger partial charge in [-0.1, -0.05) is 35.5 Å². The van der Waals surface area contributed by atoms with E-state index >= 15 is 0 Å². The minimum atomic E-state index is -3.99. The Hall–Kier alpha value is -2.28. The lowest BCUT2D eigenvalue weighted by molar-refractivity contribution is -0.133. The van der Waals surface area contributed by atoms with Crippen molar-refractivity contribution in [3.63, 3.8) is 0 Å². The molecule has 170 valence electrons. The van der Waals surface area contributed by atoms with Crippen LogP contribution in [-0.2, 0) is 30.6 Å². The van der Waals surface area contributed by atoms with Crippen molar-refractivity contribution in [2.24, 2.45) is 0 Å². The van der Waals surface area contributed by atoms with E-state index in [-0.39, 0.29) is 48.3 Å². The molecule has 0 radical (unpaired) electrons. The van der Waals surface area contributed by atoms with Crippen molar-refractivity contribution in [2.75, 3.05) is 26.2 Å². The zero-order valence-corrected chi connectivity index (χ0v) is 19.2. The minimum absolute atomic E-state index is 0.0797. The maximum atomic E-state index is 12.8. The van der Waals surface area contributed by atoms with Crippen LogP contribution in [0.2, 0.25) is 0 Å². The van der Waals surface area contributed by atoms with E-state index in [1.165, 1.54) is 30.0 Å². The summed E-state index contributed by atoms with van der Waals surface area (Å²) < 4.78 is 59.2. The zero-order valence-electron chi connectivity index (χ0n) is 17.6. The van der Waals surface area contributed by atoms with Gasteiger partial charge in [0.15, 0.2) is 5.76 Å². The molecule has 0 unspecified atom stereocenters. The van der Waals surface area contributed by atoms with E-state index in [2.05, 4.69) is 9.88 Å². The molecule has 1 aromatic heterocycles. The molecule has 1 amide bonds. The van der Waals surface area contributed by atoms with Crippen LogP contribution in [0.1, 0.15) is 23.9 Å². The number of hydrogen-bond donors (Lipinski definition) is 1. The van der Waals surface area contributed by atoms with E-state index in [0.717, 1.165) is 0 Å². The van der Waals surface area contributed by atoms with E-state index in [1.807, 2.05) is 6.07 Å². The Morgan fingerprint density at radius 2 is 1.71 bits per heavy atom. The second kappa shape index (κ2) is 9.07. The fraction of sp³-hybridized carbons (Fsp3) is 0.474. The van der Waals surface area contributed by atoms with Crippen LogP contribution < -0.4 is 4.72 Å². The van der Waals surface area contributed by atoms with Crippen molar-refractivity contribution < 1.29 is 26.2 Å². The van der Waals surface area contributed by atoms with Gasteiger partial charge in [-0.3, -0.25) is 4.79 Å². The fourth-order valence-electron chi connectivity index (χ4n) is 3.54. The molecule has 0 aliphatic carbocycles. The smallest absolute Gasteiger partial charge is 0.246 e. The predicted octanol–water partition coefficient (Wildman–Crippen LogP) is 0.632. The number of nitrogens with one attached hydrogen (secondary N) is 1. The molecule has 1 fully saturated rings. The predicted molar refractivity (Wildman–Crippen MR) is 113 cm³/mol. The summed E-state index contributed by atoms with van der Waals surface area (Å²) in [5, 5.41) is 3.63. The van der Waals surface area contributed by atoms with Crippen molar-refractivity contribution in [1.82, 2.24) is 19.1 Å². The average molecular weight is 471 g/mol. The number of aryl methyl sites for hydroxylation is 2. The Kier molecular flexibility index (Phi) is 6.84. The van der Waals surface area contributed by atoms with Gasteiger partial charge in [-0.2, -0.15) is 9.03 Å². The number of nitrogens with zero attached hydrogens (tertiary/aromatic N) is 3.